The normalized spacial score (nSPS) is 17.0. The van der Waals surface area contributed by atoms with Gasteiger partial charge in [0, 0.05) is 16.9 Å². The van der Waals surface area contributed by atoms with Gasteiger partial charge in [0.1, 0.15) is 6.61 Å². The second-order valence-electron chi connectivity index (χ2n) is 5.47. The van der Waals surface area contributed by atoms with Crippen LogP contribution in [0.4, 0.5) is 0 Å². The van der Waals surface area contributed by atoms with E-state index in [9.17, 15) is 8.42 Å². The van der Waals surface area contributed by atoms with Gasteiger partial charge in [0.25, 0.3) is 10.1 Å². The molecule has 2 heterocycles. The zero-order chi connectivity index (χ0) is 18.0. The number of ether oxygens (including phenoxy) is 3. The topological polar surface area (TPSA) is 82.1 Å². The molecule has 2 unspecified atom stereocenters. The van der Waals surface area contributed by atoms with Crippen LogP contribution in [0, 0.1) is 6.92 Å². The summed E-state index contributed by atoms with van der Waals surface area (Å²) in [6, 6.07) is 0. The van der Waals surface area contributed by atoms with Gasteiger partial charge in [0.2, 0.25) is 0 Å². The minimum Gasteiger partial charge on any atom is -0.485 e. The summed E-state index contributed by atoms with van der Waals surface area (Å²) in [5.41, 5.74) is 0. The maximum atomic E-state index is 9.79. The van der Waals surface area contributed by atoms with Crippen molar-refractivity contribution in [1.29, 1.82) is 0 Å². The molecule has 9 heteroatoms. The molecule has 6 nitrogen and oxygen atoms in total. The van der Waals surface area contributed by atoms with Crippen molar-refractivity contribution in [3.05, 3.63) is 17.7 Å². The molecular weight excluding hydrogens is 375 g/mol. The molecule has 140 valence electrons. The molecule has 0 radical (unpaired) electrons. The van der Waals surface area contributed by atoms with E-state index in [0.717, 1.165) is 30.8 Å². The fourth-order valence-electron chi connectivity index (χ4n) is 2.08. The Morgan fingerprint density at radius 3 is 2.56 bits per heavy atom. The van der Waals surface area contributed by atoms with Crippen molar-refractivity contribution in [1.82, 2.24) is 0 Å². The molecule has 0 amide bonds. The summed E-state index contributed by atoms with van der Waals surface area (Å²) in [4.78, 5) is 0. The van der Waals surface area contributed by atoms with Crippen LogP contribution in [-0.2, 0) is 14.9 Å². The van der Waals surface area contributed by atoms with Gasteiger partial charge in [-0.25, -0.2) is 0 Å². The van der Waals surface area contributed by atoms with Crippen molar-refractivity contribution in [2.45, 2.75) is 51.7 Å². The van der Waals surface area contributed by atoms with Crippen LogP contribution < -0.4 is 39.0 Å². The Kier molecular flexibility index (Phi) is 13.4. The average molecular weight is 403 g/mol. The van der Waals surface area contributed by atoms with Crippen LogP contribution in [0.2, 0.25) is 0 Å². The molecule has 0 spiro atoms. The molecule has 1 aliphatic rings. The molecule has 0 aromatic carbocycles. The Balaban J connectivity index is 0.000000620. The van der Waals surface area contributed by atoms with E-state index in [1.807, 2.05) is 10.8 Å². The predicted octanol–water partition coefficient (Wildman–Crippen LogP) is 0.586. The SMILES string of the molecule is CCCS(=O)(=O)O.[CH2-]CC(CCC)OCC1COc2cscc2O1.[Na+]. The molecular formula is C16H27NaO6S2. The molecule has 0 saturated heterocycles. The third-order valence-corrected chi connectivity index (χ3v) is 4.85. The summed E-state index contributed by atoms with van der Waals surface area (Å²) in [6.07, 6.45) is 3.71. The molecule has 1 N–H and O–H groups in total. The first-order valence-corrected chi connectivity index (χ1v) is 10.7. The van der Waals surface area contributed by atoms with Crippen molar-refractivity contribution < 1.29 is 56.7 Å². The monoisotopic (exact) mass is 402 g/mol. The number of thiophene rings is 1. The van der Waals surface area contributed by atoms with E-state index in [0.29, 0.717) is 19.6 Å². The summed E-state index contributed by atoms with van der Waals surface area (Å²) >= 11 is 1.59. The first-order chi connectivity index (χ1) is 11.4. The number of hydrogen-bond donors (Lipinski definition) is 1. The zero-order valence-corrected chi connectivity index (χ0v) is 18.9. The maximum absolute atomic E-state index is 9.79. The summed E-state index contributed by atoms with van der Waals surface area (Å²) in [5, 5.41) is 3.93. The van der Waals surface area contributed by atoms with Gasteiger partial charge in [0.05, 0.1) is 12.4 Å². The Morgan fingerprint density at radius 1 is 1.36 bits per heavy atom. The number of hydrogen-bond acceptors (Lipinski definition) is 6. The van der Waals surface area contributed by atoms with E-state index in [-0.39, 0.29) is 47.5 Å². The third kappa shape index (κ3) is 10.8. The van der Waals surface area contributed by atoms with Gasteiger partial charge in [-0.1, -0.05) is 20.3 Å². The number of rotatable bonds is 8. The van der Waals surface area contributed by atoms with E-state index in [4.69, 9.17) is 18.8 Å². The van der Waals surface area contributed by atoms with Crippen LogP contribution in [0.1, 0.15) is 39.5 Å². The fourth-order valence-corrected chi connectivity index (χ4v) is 3.26. The average Bonchev–Trinajstić information content (AvgIpc) is 2.98. The summed E-state index contributed by atoms with van der Waals surface area (Å²) in [6.45, 7) is 8.89. The molecule has 0 aliphatic carbocycles. The molecule has 1 aliphatic heterocycles. The van der Waals surface area contributed by atoms with E-state index in [2.05, 4.69) is 13.8 Å². The minimum absolute atomic E-state index is 0. The van der Waals surface area contributed by atoms with Crippen LogP contribution in [0.3, 0.4) is 0 Å². The molecule has 0 bridgehead atoms. The standard InChI is InChI=1S/C13H19O3S.C3H8O3S.Na/c1-3-5-10(4-2)14-6-11-7-15-12-8-17-9-13(12)16-11;1-2-3-7(4,5)6;/h8-11H,2-7H2,1H3;2-3H2,1H3,(H,4,5,6);/q-1;;+1. The van der Waals surface area contributed by atoms with Crippen molar-refractivity contribution in [2.24, 2.45) is 0 Å². The van der Waals surface area contributed by atoms with Gasteiger partial charge in [-0.3, -0.25) is 4.55 Å². The summed E-state index contributed by atoms with van der Waals surface area (Å²) in [7, 11) is -3.67. The smallest absolute Gasteiger partial charge is 0.485 e. The van der Waals surface area contributed by atoms with Gasteiger partial charge >= 0.3 is 29.6 Å². The maximum Gasteiger partial charge on any atom is 1.00 e. The summed E-state index contributed by atoms with van der Waals surface area (Å²) in [5.74, 6) is 1.57. The first kappa shape index (κ1) is 25.2. The quantitative estimate of drug-likeness (QED) is 0.389. The van der Waals surface area contributed by atoms with E-state index < -0.39 is 10.1 Å². The minimum atomic E-state index is -3.67. The Hall–Kier alpha value is 0.170. The summed E-state index contributed by atoms with van der Waals surface area (Å²) < 4.78 is 44.7. The molecule has 1 aromatic heterocycles. The van der Waals surface area contributed by atoms with E-state index >= 15 is 0 Å². The van der Waals surface area contributed by atoms with Gasteiger partial charge in [0.15, 0.2) is 17.6 Å². The molecule has 2 atom stereocenters. The van der Waals surface area contributed by atoms with Crippen molar-refractivity contribution in [3.63, 3.8) is 0 Å². The second-order valence-corrected chi connectivity index (χ2v) is 7.79. The van der Waals surface area contributed by atoms with Crippen LogP contribution in [0.15, 0.2) is 10.8 Å². The molecule has 2 rings (SSSR count). The third-order valence-electron chi connectivity index (χ3n) is 3.22. The largest absolute Gasteiger partial charge is 1.00 e. The van der Waals surface area contributed by atoms with Gasteiger partial charge < -0.3 is 21.1 Å². The van der Waals surface area contributed by atoms with Crippen LogP contribution in [-0.4, -0.2) is 44.1 Å². The van der Waals surface area contributed by atoms with Crippen LogP contribution >= 0.6 is 11.3 Å². The fraction of sp³-hybridized carbons (Fsp3) is 0.688. The van der Waals surface area contributed by atoms with Crippen molar-refractivity contribution >= 4 is 21.5 Å². The second kappa shape index (κ2) is 13.4. The van der Waals surface area contributed by atoms with Gasteiger partial charge in [-0.05, 0) is 12.8 Å². The Morgan fingerprint density at radius 2 is 2.04 bits per heavy atom. The predicted molar refractivity (Wildman–Crippen MR) is 95.6 cm³/mol. The number of fused-ring (bicyclic) bond motifs is 1. The molecule has 25 heavy (non-hydrogen) atoms. The van der Waals surface area contributed by atoms with Crippen LogP contribution in [0.5, 0.6) is 11.5 Å². The van der Waals surface area contributed by atoms with Crippen molar-refractivity contribution in [3.8, 4) is 11.5 Å². The molecule has 0 fully saturated rings. The first-order valence-electron chi connectivity index (χ1n) is 8.11. The Bertz CT molecular complexity index is 561. The van der Waals surface area contributed by atoms with Crippen molar-refractivity contribution in [2.75, 3.05) is 19.0 Å². The van der Waals surface area contributed by atoms with E-state index in [1.165, 1.54) is 0 Å². The zero-order valence-electron chi connectivity index (χ0n) is 15.3. The Labute approximate surface area is 177 Å². The van der Waals surface area contributed by atoms with E-state index in [1.54, 1.807) is 18.3 Å². The molecule has 0 saturated carbocycles. The van der Waals surface area contributed by atoms with Gasteiger partial charge in [-0.2, -0.15) is 14.8 Å². The van der Waals surface area contributed by atoms with Gasteiger partial charge in [-0.15, -0.1) is 11.3 Å². The van der Waals surface area contributed by atoms with Crippen LogP contribution in [0.25, 0.3) is 0 Å². The molecule has 1 aromatic rings.